The Morgan fingerprint density at radius 1 is 0.689 bits per heavy atom. The molecule has 0 fully saturated rings. The quantitative estimate of drug-likeness (QED) is 0.0523. The molecule has 45 heavy (non-hydrogen) atoms. The fourth-order valence-corrected chi connectivity index (χ4v) is 5.31. The van der Waals surface area contributed by atoms with Gasteiger partial charge in [-0.05, 0) is 52.3 Å². The number of unbranched alkanes of at least 4 members (excludes halogenated alkanes) is 13. The van der Waals surface area contributed by atoms with Crippen molar-refractivity contribution in [1.82, 2.24) is 0 Å². The van der Waals surface area contributed by atoms with Gasteiger partial charge in [-0.2, -0.15) is 0 Å². The van der Waals surface area contributed by atoms with Crippen molar-refractivity contribution < 1.29 is 23.8 Å². The summed E-state index contributed by atoms with van der Waals surface area (Å²) in [6, 6.07) is 11.8. The summed E-state index contributed by atoms with van der Waals surface area (Å²) in [6.07, 6.45) is 17.3. The van der Waals surface area contributed by atoms with Crippen molar-refractivity contribution in [3.05, 3.63) is 48.0 Å². The number of hydrogen-bond acceptors (Lipinski definition) is 5. The zero-order chi connectivity index (χ0) is 33.1. The molecule has 252 valence electrons. The summed E-state index contributed by atoms with van der Waals surface area (Å²) in [7, 11) is 0. The van der Waals surface area contributed by atoms with Crippen LogP contribution in [0, 0.1) is 0 Å². The van der Waals surface area contributed by atoms with Crippen molar-refractivity contribution >= 4 is 40.6 Å². The molecule has 1 N–H and O–H groups in total. The lowest BCUT2D eigenvalue weighted by atomic mass is 10.0. The van der Waals surface area contributed by atoms with E-state index in [1.54, 1.807) is 30.3 Å². The predicted molar refractivity (Wildman–Crippen MR) is 188 cm³/mol. The van der Waals surface area contributed by atoms with Gasteiger partial charge in [0.2, 0.25) is 5.78 Å². The largest absolute Gasteiger partial charge is 0.493 e. The topological polar surface area (TPSA) is 73.9 Å². The molecule has 6 nitrogen and oxygen atoms in total. The van der Waals surface area contributed by atoms with Crippen LogP contribution in [0.4, 0.5) is 5.69 Å². The molecule has 0 aliphatic heterocycles. The van der Waals surface area contributed by atoms with Crippen molar-refractivity contribution in [2.45, 2.75) is 141 Å². The van der Waals surface area contributed by atoms with E-state index >= 15 is 0 Å². The van der Waals surface area contributed by atoms with Gasteiger partial charge in [-0.1, -0.05) is 132 Å². The number of carbonyl (C=O) groups excluding carboxylic acids is 2. The summed E-state index contributed by atoms with van der Waals surface area (Å²) in [4.78, 5) is 26.8. The summed E-state index contributed by atoms with van der Waals surface area (Å²) in [5.74, 6) is -0.624. The average Bonchev–Trinajstić information content (AvgIpc) is 2.99. The number of ketones is 1. The lowest BCUT2D eigenvalue weighted by Gasteiger charge is -2.23. The first-order chi connectivity index (χ1) is 21.6. The van der Waals surface area contributed by atoms with Gasteiger partial charge in [-0.3, -0.25) is 9.59 Å². The first-order valence-corrected chi connectivity index (χ1v) is 17.7. The van der Waals surface area contributed by atoms with Crippen LogP contribution in [0.3, 0.4) is 0 Å². The molecule has 0 heterocycles. The fraction of sp³-hybridized carbons (Fsp3) is 0.622. The van der Waals surface area contributed by atoms with Crippen LogP contribution in [0.1, 0.15) is 135 Å². The minimum atomic E-state index is -2.40. The molecule has 0 aromatic heterocycles. The highest BCUT2D eigenvalue weighted by molar-refractivity contribution is 6.70. The summed E-state index contributed by atoms with van der Waals surface area (Å²) >= 11 is 12.9. The molecule has 0 saturated heterocycles. The molecule has 1 amide bonds. The van der Waals surface area contributed by atoms with Crippen LogP contribution < -0.4 is 19.5 Å². The predicted octanol–water partition coefficient (Wildman–Crippen LogP) is 11.1. The minimum Gasteiger partial charge on any atom is -0.493 e. The molecule has 0 unspecified atom stereocenters. The Morgan fingerprint density at radius 2 is 1.16 bits per heavy atom. The molecule has 0 atom stereocenters. The van der Waals surface area contributed by atoms with Crippen LogP contribution in [-0.2, 0) is 4.79 Å². The van der Waals surface area contributed by atoms with Gasteiger partial charge in [0.1, 0.15) is 5.75 Å². The number of ether oxygens (including phenoxy) is 3. The summed E-state index contributed by atoms with van der Waals surface area (Å²) in [5, 5.41) is 2.62. The molecule has 8 heteroatoms. The van der Waals surface area contributed by atoms with Crippen LogP contribution in [-0.4, -0.2) is 34.8 Å². The van der Waals surface area contributed by atoms with Gasteiger partial charge >= 0.3 is 0 Å². The van der Waals surface area contributed by atoms with Crippen LogP contribution in [0.5, 0.6) is 17.2 Å². The van der Waals surface area contributed by atoms with Gasteiger partial charge in [0, 0.05) is 11.8 Å². The standard InChI is InChI=1S/C37H55Cl2NO5/c1-6-7-8-9-10-11-12-13-14-15-16-17-18-22-25-43-32-27-34(45-29(4)5)33(44-28(2)3)26-31(32)35(41)37(38,39)36(42)40-30-23-20-19-21-24-30/h19-21,23-24,26-29H,6-18,22,25H2,1-5H3,(H,40,42). The van der Waals surface area contributed by atoms with Crippen molar-refractivity contribution in [2.24, 2.45) is 0 Å². The van der Waals surface area contributed by atoms with E-state index in [0.717, 1.165) is 19.3 Å². The summed E-state index contributed by atoms with van der Waals surface area (Å²) in [6.45, 7) is 10.2. The van der Waals surface area contributed by atoms with E-state index in [9.17, 15) is 9.59 Å². The highest BCUT2D eigenvalue weighted by atomic mass is 35.5. The molecule has 2 aromatic carbocycles. The number of amides is 1. The monoisotopic (exact) mass is 663 g/mol. The minimum absolute atomic E-state index is 0.0559. The highest BCUT2D eigenvalue weighted by Crippen LogP contribution is 2.40. The maximum Gasteiger partial charge on any atom is 0.269 e. The summed E-state index contributed by atoms with van der Waals surface area (Å²) < 4.78 is 15.7. The van der Waals surface area contributed by atoms with E-state index in [4.69, 9.17) is 37.4 Å². The van der Waals surface area contributed by atoms with Gasteiger partial charge in [0.05, 0.1) is 24.4 Å². The van der Waals surface area contributed by atoms with Crippen LogP contribution in [0.2, 0.25) is 0 Å². The number of alkyl halides is 2. The van der Waals surface area contributed by atoms with Gasteiger partial charge in [0.25, 0.3) is 10.2 Å². The van der Waals surface area contributed by atoms with E-state index in [1.807, 2.05) is 33.8 Å². The van der Waals surface area contributed by atoms with Crippen molar-refractivity contribution in [3.8, 4) is 17.2 Å². The maximum absolute atomic E-state index is 13.7. The Morgan fingerprint density at radius 3 is 1.64 bits per heavy atom. The van der Waals surface area contributed by atoms with Gasteiger partial charge < -0.3 is 19.5 Å². The second-order valence-electron chi connectivity index (χ2n) is 12.3. The number of rotatable bonds is 24. The van der Waals surface area contributed by atoms with E-state index in [1.165, 1.54) is 76.7 Å². The Labute approximate surface area is 281 Å². The zero-order valence-electron chi connectivity index (χ0n) is 28.1. The second-order valence-corrected chi connectivity index (χ2v) is 13.6. The third-order valence-corrected chi connectivity index (χ3v) is 8.06. The Kier molecular flexibility index (Phi) is 18.4. The van der Waals surface area contributed by atoms with Crippen LogP contribution in [0.25, 0.3) is 0 Å². The first-order valence-electron chi connectivity index (χ1n) is 17.0. The van der Waals surface area contributed by atoms with Crippen LogP contribution >= 0.6 is 23.2 Å². The SMILES string of the molecule is CCCCCCCCCCCCCCCCOc1cc(OC(C)C)c(OC(C)C)cc1C(=O)C(Cl)(Cl)C(=O)Nc1ccccc1. The Hall–Kier alpha value is -2.44. The number of halogens is 2. The molecule has 0 radical (unpaired) electrons. The molecule has 2 aromatic rings. The Balaban J connectivity index is 2.00. The van der Waals surface area contributed by atoms with E-state index in [2.05, 4.69) is 12.2 Å². The van der Waals surface area contributed by atoms with Gasteiger partial charge in [-0.25, -0.2) is 0 Å². The summed E-state index contributed by atoms with van der Waals surface area (Å²) in [5.41, 5.74) is 0.528. The molecule has 0 spiro atoms. The van der Waals surface area contributed by atoms with Crippen LogP contribution in [0.15, 0.2) is 42.5 Å². The average molecular weight is 665 g/mol. The number of Topliss-reactive ketones (excluding diaryl/α,β-unsaturated/α-hetero) is 1. The molecular weight excluding hydrogens is 609 g/mol. The number of anilines is 1. The van der Waals surface area contributed by atoms with Crippen molar-refractivity contribution in [2.75, 3.05) is 11.9 Å². The molecular formula is C37H55Cl2NO5. The number of carbonyl (C=O) groups is 2. The number of para-hydroxylation sites is 1. The zero-order valence-corrected chi connectivity index (χ0v) is 29.6. The Bertz CT molecular complexity index is 1140. The van der Waals surface area contributed by atoms with Crippen molar-refractivity contribution in [1.29, 1.82) is 0 Å². The molecule has 2 rings (SSSR count). The lowest BCUT2D eigenvalue weighted by molar-refractivity contribution is -0.116. The van der Waals surface area contributed by atoms with Crippen molar-refractivity contribution in [3.63, 3.8) is 0 Å². The number of nitrogens with one attached hydrogen (secondary N) is 1. The van der Waals surface area contributed by atoms with Gasteiger partial charge in [-0.15, -0.1) is 0 Å². The molecule has 0 aliphatic carbocycles. The lowest BCUT2D eigenvalue weighted by Crippen LogP contribution is -2.40. The third-order valence-electron chi connectivity index (χ3n) is 7.37. The molecule has 0 saturated carbocycles. The molecule has 0 bridgehead atoms. The second kappa shape index (κ2) is 21.4. The molecule has 0 aliphatic rings. The third kappa shape index (κ3) is 14.7. The van der Waals surface area contributed by atoms with Gasteiger partial charge in [0.15, 0.2) is 11.5 Å². The maximum atomic E-state index is 13.7. The number of benzene rings is 2. The highest BCUT2D eigenvalue weighted by Gasteiger charge is 2.44. The van der Waals surface area contributed by atoms with E-state index < -0.39 is 16.0 Å². The normalized spacial score (nSPS) is 11.6. The fourth-order valence-electron chi connectivity index (χ4n) is 5.01. The van der Waals surface area contributed by atoms with E-state index in [0.29, 0.717) is 23.8 Å². The van der Waals surface area contributed by atoms with E-state index in [-0.39, 0.29) is 23.5 Å². The smallest absolute Gasteiger partial charge is 0.269 e. The number of hydrogen-bond donors (Lipinski definition) is 1. The first kappa shape index (κ1) is 38.7.